The molecule has 0 heterocycles. The first kappa shape index (κ1) is 14.3. The molecular formula is C12H15F3OS2. The standard InChI is InChI=1S/C12H15F3OS2/c1-10(2)6-4-5-11(10,3)8(16)7(6)18-9(17)12(13,14)15/h6-7H,4-5H2,1-3H3. The van der Waals surface area contributed by atoms with Gasteiger partial charge in [-0.2, -0.15) is 13.2 Å². The van der Waals surface area contributed by atoms with Gasteiger partial charge in [-0.05, 0) is 24.2 Å². The van der Waals surface area contributed by atoms with E-state index >= 15 is 0 Å². The van der Waals surface area contributed by atoms with Crippen LogP contribution in [0.3, 0.4) is 0 Å². The minimum atomic E-state index is -4.49. The lowest BCUT2D eigenvalue weighted by atomic mass is 9.70. The summed E-state index contributed by atoms with van der Waals surface area (Å²) in [6, 6.07) is 0. The molecule has 3 unspecified atom stereocenters. The molecule has 1 nitrogen and oxygen atoms in total. The van der Waals surface area contributed by atoms with Crippen molar-refractivity contribution in [2.75, 3.05) is 0 Å². The van der Waals surface area contributed by atoms with Crippen molar-refractivity contribution in [3.05, 3.63) is 0 Å². The zero-order valence-corrected chi connectivity index (χ0v) is 12.1. The molecule has 0 radical (unpaired) electrons. The predicted molar refractivity (Wildman–Crippen MR) is 69.7 cm³/mol. The number of ketones is 1. The molecule has 2 saturated carbocycles. The van der Waals surface area contributed by atoms with Crippen molar-refractivity contribution >= 4 is 34.0 Å². The summed E-state index contributed by atoms with van der Waals surface area (Å²) in [5.74, 6) is -0.0550. The lowest BCUT2D eigenvalue weighted by Crippen LogP contribution is -2.35. The van der Waals surface area contributed by atoms with Gasteiger partial charge in [-0.25, -0.2) is 0 Å². The van der Waals surface area contributed by atoms with Gasteiger partial charge in [0.15, 0.2) is 9.98 Å². The van der Waals surface area contributed by atoms with E-state index in [9.17, 15) is 18.0 Å². The smallest absolute Gasteiger partial charge is 0.298 e. The predicted octanol–water partition coefficient (Wildman–Crippen LogP) is 4.00. The first-order valence-corrected chi connectivity index (χ1v) is 7.13. The Kier molecular flexibility index (Phi) is 3.14. The molecule has 2 aliphatic carbocycles. The number of thiocarbonyl (C=S) groups is 1. The zero-order valence-electron chi connectivity index (χ0n) is 10.4. The van der Waals surface area contributed by atoms with Crippen LogP contribution in [0, 0.1) is 16.7 Å². The molecule has 102 valence electrons. The third kappa shape index (κ3) is 1.75. The van der Waals surface area contributed by atoms with Crippen LogP contribution in [0.25, 0.3) is 0 Å². The lowest BCUT2D eigenvalue weighted by Gasteiger charge is -2.32. The molecule has 0 amide bonds. The molecule has 18 heavy (non-hydrogen) atoms. The molecule has 3 atom stereocenters. The Balaban J connectivity index is 2.24. The van der Waals surface area contributed by atoms with Crippen molar-refractivity contribution in [1.29, 1.82) is 0 Å². The molecule has 0 N–H and O–H groups in total. The van der Waals surface area contributed by atoms with Crippen molar-refractivity contribution in [2.45, 2.75) is 45.0 Å². The van der Waals surface area contributed by atoms with Crippen molar-refractivity contribution < 1.29 is 18.0 Å². The Morgan fingerprint density at radius 3 is 2.33 bits per heavy atom. The molecular weight excluding hydrogens is 281 g/mol. The number of carbonyl (C=O) groups is 1. The summed E-state index contributed by atoms with van der Waals surface area (Å²) in [6.07, 6.45) is -2.90. The number of thioether (sulfide) groups is 1. The highest BCUT2D eigenvalue weighted by molar-refractivity contribution is 8.24. The maximum absolute atomic E-state index is 12.5. The molecule has 0 saturated heterocycles. The van der Waals surface area contributed by atoms with Crippen molar-refractivity contribution in [3.8, 4) is 0 Å². The first-order chi connectivity index (χ1) is 8.02. The van der Waals surface area contributed by atoms with Gasteiger partial charge in [0, 0.05) is 5.41 Å². The van der Waals surface area contributed by atoms with Crippen molar-refractivity contribution in [3.63, 3.8) is 0 Å². The van der Waals surface area contributed by atoms with Crippen molar-refractivity contribution in [1.82, 2.24) is 0 Å². The van der Waals surface area contributed by atoms with Crippen LogP contribution in [-0.2, 0) is 4.79 Å². The Bertz CT molecular complexity index is 416. The van der Waals surface area contributed by atoms with Gasteiger partial charge in [0.25, 0.3) is 0 Å². The van der Waals surface area contributed by atoms with E-state index in [1.165, 1.54) is 0 Å². The van der Waals surface area contributed by atoms with Gasteiger partial charge in [-0.3, -0.25) is 4.79 Å². The second-order valence-corrected chi connectivity index (χ2v) is 7.71. The number of hydrogen-bond acceptors (Lipinski definition) is 3. The first-order valence-electron chi connectivity index (χ1n) is 5.84. The molecule has 2 rings (SSSR count). The molecule has 0 aromatic rings. The van der Waals surface area contributed by atoms with Gasteiger partial charge in [0.05, 0.1) is 5.25 Å². The highest BCUT2D eigenvalue weighted by Crippen LogP contribution is 2.66. The lowest BCUT2D eigenvalue weighted by molar-refractivity contribution is -0.127. The Hall–Kier alpha value is -0.100. The van der Waals surface area contributed by atoms with Crippen LogP contribution in [0.4, 0.5) is 13.2 Å². The Morgan fingerprint density at radius 2 is 1.94 bits per heavy atom. The summed E-state index contributed by atoms with van der Waals surface area (Å²) in [7, 11) is 0. The third-order valence-corrected chi connectivity index (χ3v) is 6.70. The van der Waals surface area contributed by atoms with E-state index in [1.807, 2.05) is 20.8 Å². The van der Waals surface area contributed by atoms with E-state index < -0.39 is 21.0 Å². The van der Waals surface area contributed by atoms with Crippen LogP contribution in [0.2, 0.25) is 0 Å². The maximum Gasteiger partial charge on any atom is 0.432 e. The highest BCUT2D eigenvalue weighted by Gasteiger charge is 2.66. The minimum absolute atomic E-state index is 0.000278. The van der Waals surface area contributed by atoms with Crippen LogP contribution in [-0.4, -0.2) is 21.4 Å². The molecule has 2 fully saturated rings. The number of hydrogen-bond donors (Lipinski definition) is 0. The average molecular weight is 296 g/mol. The average Bonchev–Trinajstić information content (AvgIpc) is 2.51. The SMILES string of the molecule is CC12CCC(C(SC(=S)C(F)(F)F)C1=O)C2(C)C. The van der Waals surface area contributed by atoms with Crippen LogP contribution < -0.4 is 0 Å². The van der Waals surface area contributed by atoms with E-state index in [-0.39, 0.29) is 17.1 Å². The number of Topliss-reactive ketones (excluding diaryl/α,β-unsaturated/α-hetero) is 1. The molecule has 0 aromatic heterocycles. The number of carbonyl (C=O) groups excluding carboxylic acids is 1. The molecule has 2 bridgehead atoms. The van der Waals surface area contributed by atoms with Crippen LogP contribution in [0.1, 0.15) is 33.6 Å². The van der Waals surface area contributed by atoms with Gasteiger partial charge in [0.1, 0.15) is 0 Å². The van der Waals surface area contributed by atoms with Gasteiger partial charge in [-0.15, -0.1) is 0 Å². The molecule has 6 heteroatoms. The monoisotopic (exact) mass is 296 g/mol. The van der Waals surface area contributed by atoms with E-state index in [2.05, 4.69) is 12.2 Å². The number of rotatable bonds is 1. The zero-order chi connectivity index (χ0) is 13.9. The van der Waals surface area contributed by atoms with E-state index in [4.69, 9.17) is 0 Å². The van der Waals surface area contributed by atoms with Crippen LogP contribution in [0.15, 0.2) is 0 Å². The van der Waals surface area contributed by atoms with Crippen molar-refractivity contribution in [2.24, 2.45) is 16.7 Å². The fourth-order valence-corrected chi connectivity index (χ4v) is 5.00. The molecule has 0 aliphatic heterocycles. The minimum Gasteiger partial charge on any atom is -0.298 e. The largest absolute Gasteiger partial charge is 0.432 e. The summed E-state index contributed by atoms with van der Waals surface area (Å²) in [5, 5.41) is -0.618. The van der Waals surface area contributed by atoms with E-state index in [1.54, 1.807) is 0 Å². The van der Waals surface area contributed by atoms with Crippen LogP contribution in [0.5, 0.6) is 0 Å². The Morgan fingerprint density at radius 1 is 1.39 bits per heavy atom. The summed E-state index contributed by atoms with van der Waals surface area (Å²) < 4.78 is 36.4. The van der Waals surface area contributed by atoms with Gasteiger partial charge in [0.2, 0.25) is 0 Å². The van der Waals surface area contributed by atoms with Gasteiger partial charge >= 0.3 is 6.18 Å². The molecule has 0 spiro atoms. The van der Waals surface area contributed by atoms with Gasteiger partial charge < -0.3 is 0 Å². The maximum atomic E-state index is 12.5. The second kappa shape index (κ2) is 3.95. The third-order valence-electron chi connectivity index (χ3n) is 4.94. The summed E-state index contributed by atoms with van der Waals surface area (Å²) >= 11 is 4.94. The highest BCUT2D eigenvalue weighted by atomic mass is 32.2. The topological polar surface area (TPSA) is 17.1 Å². The second-order valence-electron chi connectivity index (χ2n) is 5.89. The number of fused-ring (bicyclic) bond motifs is 2. The molecule has 0 aromatic carbocycles. The number of halogens is 3. The fourth-order valence-electron chi connectivity index (χ4n) is 3.32. The quantitative estimate of drug-likeness (QED) is 0.681. The van der Waals surface area contributed by atoms with Gasteiger partial charge in [-0.1, -0.05) is 44.8 Å². The Labute approximate surface area is 114 Å². The number of alkyl halides is 3. The van der Waals surface area contributed by atoms with E-state index in [0.717, 1.165) is 12.8 Å². The summed E-state index contributed by atoms with van der Waals surface area (Å²) in [4.78, 5) is 12.3. The summed E-state index contributed by atoms with van der Waals surface area (Å²) in [6.45, 7) is 5.85. The normalized spacial score (nSPS) is 38.2. The summed E-state index contributed by atoms with van der Waals surface area (Å²) in [5.41, 5.74) is -0.723. The fraction of sp³-hybridized carbons (Fsp3) is 0.833. The van der Waals surface area contributed by atoms with E-state index in [0.29, 0.717) is 11.8 Å². The molecule has 2 aliphatic rings. The van der Waals surface area contributed by atoms with Crippen LogP contribution >= 0.6 is 24.0 Å².